The van der Waals surface area contributed by atoms with E-state index in [0.717, 1.165) is 37.9 Å². The number of nitrogens with one attached hydrogen (secondary N) is 1. The molecule has 0 saturated heterocycles. The van der Waals surface area contributed by atoms with E-state index in [1.807, 2.05) is 0 Å². The Morgan fingerprint density at radius 3 is 2.60 bits per heavy atom. The molecule has 0 amide bonds. The van der Waals surface area contributed by atoms with E-state index in [1.54, 1.807) is 0 Å². The van der Waals surface area contributed by atoms with Crippen LogP contribution < -0.4 is 5.32 Å². The van der Waals surface area contributed by atoms with Crippen LogP contribution in [0.4, 0.5) is 0 Å². The molecule has 20 heavy (non-hydrogen) atoms. The number of nitrogens with zero attached hydrogens (tertiary/aromatic N) is 2. The van der Waals surface area contributed by atoms with Crippen LogP contribution in [0.5, 0.6) is 0 Å². The highest BCUT2D eigenvalue weighted by atomic mass is 15.2. The van der Waals surface area contributed by atoms with Gasteiger partial charge >= 0.3 is 0 Å². The second-order valence-electron chi connectivity index (χ2n) is 5.76. The molecule has 1 aromatic rings. The lowest BCUT2D eigenvalue weighted by molar-refractivity contribution is 0.154. The molecule has 3 heteroatoms. The summed E-state index contributed by atoms with van der Waals surface area (Å²) >= 11 is 0. The van der Waals surface area contributed by atoms with Crippen LogP contribution in [0.1, 0.15) is 57.3 Å². The molecule has 1 fully saturated rings. The van der Waals surface area contributed by atoms with Crippen LogP contribution in [0.2, 0.25) is 0 Å². The van der Waals surface area contributed by atoms with Gasteiger partial charge in [0.05, 0.1) is 11.4 Å². The lowest BCUT2D eigenvalue weighted by Crippen LogP contribution is -2.36. The molecular formula is C17H29N3. The van der Waals surface area contributed by atoms with Crippen molar-refractivity contribution in [3.05, 3.63) is 29.6 Å². The Kier molecular flexibility index (Phi) is 6.48. The fraction of sp³-hybridized carbons (Fsp3) is 0.706. The molecule has 0 aliphatic heterocycles. The number of hydrogen-bond donors (Lipinski definition) is 1. The molecule has 1 aliphatic carbocycles. The van der Waals surface area contributed by atoms with E-state index in [0.29, 0.717) is 0 Å². The summed E-state index contributed by atoms with van der Waals surface area (Å²) in [6, 6.07) is 7.20. The highest BCUT2D eigenvalue weighted by Crippen LogP contribution is 2.23. The first-order valence-corrected chi connectivity index (χ1v) is 8.23. The van der Waals surface area contributed by atoms with Gasteiger partial charge in [-0.15, -0.1) is 0 Å². The Labute approximate surface area is 123 Å². The van der Waals surface area contributed by atoms with Crippen LogP contribution >= 0.6 is 0 Å². The summed E-state index contributed by atoms with van der Waals surface area (Å²) in [4.78, 5) is 7.40. The minimum atomic E-state index is 0.771. The molecule has 0 atom stereocenters. The molecular weight excluding hydrogens is 246 g/mol. The maximum atomic E-state index is 4.79. The van der Waals surface area contributed by atoms with E-state index in [9.17, 15) is 0 Å². The molecule has 1 aliphatic rings. The van der Waals surface area contributed by atoms with E-state index in [1.165, 1.54) is 37.8 Å². The molecule has 0 unspecified atom stereocenters. The average Bonchev–Trinajstić information content (AvgIpc) is 2.52. The van der Waals surface area contributed by atoms with Crippen molar-refractivity contribution < 1.29 is 0 Å². The van der Waals surface area contributed by atoms with E-state index < -0.39 is 0 Å². The lowest BCUT2D eigenvalue weighted by atomic mass is 9.94. The molecule has 2 rings (SSSR count). The third-order valence-electron chi connectivity index (χ3n) is 4.28. The molecule has 1 heterocycles. The van der Waals surface area contributed by atoms with Gasteiger partial charge in [-0.1, -0.05) is 39.2 Å². The molecule has 0 aromatic carbocycles. The van der Waals surface area contributed by atoms with Crippen molar-refractivity contribution in [2.24, 2.45) is 0 Å². The maximum Gasteiger partial charge on any atom is 0.0547 e. The summed E-state index contributed by atoms with van der Waals surface area (Å²) in [7, 11) is 0. The van der Waals surface area contributed by atoms with Gasteiger partial charge in [-0.25, -0.2) is 0 Å². The molecule has 1 saturated carbocycles. The van der Waals surface area contributed by atoms with Gasteiger partial charge in [-0.2, -0.15) is 0 Å². The average molecular weight is 275 g/mol. The van der Waals surface area contributed by atoms with Gasteiger partial charge < -0.3 is 5.32 Å². The van der Waals surface area contributed by atoms with E-state index in [4.69, 9.17) is 4.98 Å². The van der Waals surface area contributed by atoms with E-state index >= 15 is 0 Å². The van der Waals surface area contributed by atoms with Crippen molar-refractivity contribution in [3.8, 4) is 0 Å². The monoisotopic (exact) mass is 275 g/mol. The van der Waals surface area contributed by atoms with Gasteiger partial charge in [0.25, 0.3) is 0 Å². The van der Waals surface area contributed by atoms with Crippen molar-refractivity contribution in [1.82, 2.24) is 15.2 Å². The molecule has 1 aromatic heterocycles. The molecule has 3 nitrogen and oxygen atoms in total. The Balaban J connectivity index is 1.95. The Hall–Kier alpha value is -0.930. The van der Waals surface area contributed by atoms with Gasteiger partial charge in [-0.05, 0) is 38.1 Å². The minimum absolute atomic E-state index is 0.771. The Morgan fingerprint density at radius 1 is 1.15 bits per heavy atom. The second kappa shape index (κ2) is 8.38. The fourth-order valence-electron chi connectivity index (χ4n) is 3.12. The molecule has 1 N–H and O–H groups in total. The third-order valence-corrected chi connectivity index (χ3v) is 4.28. The Bertz CT molecular complexity index is 386. The smallest absolute Gasteiger partial charge is 0.0547 e. The fourth-order valence-corrected chi connectivity index (χ4v) is 3.12. The highest BCUT2D eigenvalue weighted by Gasteiger charge is 2.20. The summed E-state index contributed by atoms with van der Waals surface area (Å²) in [5.41, 5.74) is 2.37. The number of hydrogen-bond acceptors (Lipinski definition) is 3. The van der Waals surface area contributed by atoms with Gasteiger partial charge in [0.15, 0.2) is 0 Å². The van der Waals surface area contributed by atoms with Crippen LogP contribution in [0, 0.1) is 0 Å². The number of rotatable bonds is 7. The summed E-state index contributed by atoms with van der Waals surface area (Å²) in [5.74, 6) is 0. The highest BCUT2D eigenvalue weighted by molar-refractivity contribution is 5.11. The van der Waals surface area contributed by atoms with E-state index in [-0.39, 0.29) is 0 Å². The van der Waals surface area contributed by atoms with Crippen LogP contribution in [0.3, 0.4) is 0 Å². The maximum absolute atomic E-state index is 4.79. The summed E-state index contributed by atoms with van der Waals surface area (Å²) in [6.45, 7) is 8.41. The minimum Gasteiger partial charge on any atom is -0.311 e. The first kappa shape index (κ1) is 15.5. The van der Waals surface area contributed by atoms with Gasteiger partial charge in [-0.3, -0.25) is 9.88 Å². The van der Waals surface area contributed by atoms with Crippen molar-refractivity contribution in [3.63, 3.8) is 0 Å². The van der Waals surface area contributed by atoms with Crippen molar-refractivity contribution in [2.45, 2.75) is 65.1 Å². The summed E-state index contributed by atoms with van der Waals surface area (Å²) < 4.78 is 0. The van der Waals surface area contributed by atoms with Crippen LogP contribution in [0.15, 0.2) is 18.2 Å². The predicted octanol–water partition coefficient (Wildman–Crippen LogP) is 3.35. The standard InChI is InChI=1S/C17H29N3/c1-3-18-13-15-9-8-10-16(19-15)14-20(4-2)17-11-6-5-7-12-17/h8-10,17-18H,3-7,11-14H2,1-2H3. The lowest BCUT2D eigenvalue weighted by Gasteiger charge is -2.33. The van der Waals surface area contributed by atoms with Gasteiger partial charge in [0.2, 0.25) is 0 Å². The zero-order valence-electron chi connectivity index (χ0n) is 13.1. The van der Waals surface area contributed by atoms with Crippen molar-refractivity contribution in [1.29, 1.82) is 0 Å². The SMILES string of the molecule is CCNCc1cccc(CN(CC)C2CCCCC2)n1. The first-order chi connectivity index (χ1) is 9.83. The predicted molar refractivity (Wildman–Crippen MR) is 84.6 cm³/mol. The van der Waals surface area contributed by atoms with E-state index in [2.05, 4.69) is 42.3 Å². The quantitative estimate of drug-likeness (QED) is 0.827. The number of aromatic nitrogens is 1. The van der Waals surface area contributed by atoms with Gasteiger partial charge in [0, 0.05) is 19.1 Å². The molecule has 0 radical (unpaired) electrons. The number of pyridine rings is 1. The van der Waals surface area contributed by atoms with Crippen molar-refractivity contribution in [2.75, 3.05) is 13.1 Å². The summed E-state index contributed by atoms with van der Waals surface area (Å²) in [5, 5.41) is 3.35. The third kappa shape index (κ3) is 4.57. The second-order valence-corrected chi connectivity index (χ2v) is 5.76. The normalized spacial score (nSPS) is 16.8. The molecule has 0 bridgehead atoms. The molecule has 112 valence electrons. The summed E-state index contributed by atoms with van der Waals surface area (Å²) in [6.07, 6.45) is 6.95. The zero-order chi connectivity index (χ0) is 14.2. The first-order valence-electron chi connectivity index (χ1n) is 8.23. The van der Waals surface area contributed by atoms with Gasteiger partial charge in [0.1, 0.15) is 0 Å². The molecule has 0 spiro atoms. The van der Waals surface area contributed by atoms with Crippen LogP contribution in [0.25, 0.3) is 0 Å². The largest absolute Gasteiger partial charge is 0.311 e. The Morgan fingerprint density at radius 2 is 1.90 bits per heavy atom. The van der Waals surface area contributed by atoms with Crippen LogP contribution in [-0.2, 0) is 13.1 Å². The van der Waals surface area contributed by atoms with Crippen molar-refractivity contribution >= 4 is 0 Å². The van der Waals surface area contributed by atoms with Crippen LogP contribution in [-0.4, -0.2) is 29.0 Å². The topological polar surface area (TPSA) is 28.2 Å². The zero-order valence-corrected chi connectivity index (χ0v) is 13.1.